The smallest absolute Gasteiger partial charge is 0.125 e. The molecule has 1 aliphatic rings. The molecule has 1 aliphatic heterocycles. The van der Waals surface area contributed by atoms with E-state index in [1.54, 1.807) is 11.3 Å². The highest BCUT2D eigenvalue weighted by molar-refractivity contribution is 7.11. The average molecular weight is 208 g/mol. The summed E-state index contributed by atoms with van der Waals surface area (Å²) in [5.41, 5.74) is 0. The number of rotatable bonds is 2. The van der Waals surface area contributed by atoms with Gasteiger partial charge >= 0.3 is 0 Å². The van der Waals surface area contributed by atoms with Gasteiger partial charge in [0, 0.05) is 17.7 Å². The van der Waals surface area contributed by atoms with E-state index in [2.05, 4.69) is 18.0 Å². The molecule has 1 aromatic heterocycles. The van der Waals surface area contributed by atoms with Gasteiger partial charge in [-0.15, -0.1) is 11.3 Å². The molecule has 2 unspecified atom stereocenters. The predicted molar refractivity (Wildman–Crippen MR) is 53.9 cm³/mol. The molecule has 0 radical (unpaired) electrons. The fourth-order valence-corrected chi connectivity index (χ4v) is 2.56. The maximum atomic E-state index is 8.91. The van der Waals surface area contributed by atoms with Crippen molar-refractivity contribution in [1.82, 2.24) is 4.98 Å². The molecule has 0 saturated carbocycles. The van der Waals surface area contributed by atoms with Crippen LogP contribution in [0.5, 0.6) is 0 Å². The number of hydrogen-bond acceptors (Lipinski definition) is 4. The van der Waals surface area contributed by atoms with E-state index in [9.17, 15) is 0 Å². The number of aryl methyl sites for hydroxylation is 1. The first kappa shape index (κ1) is 9.63. The van der Waals surface area contributed by atoms with E-state index >= 15 is 0 Å². The number of thiazole rings is 1. The molecule has 0 aromatic carbocycles. The number of nitriles is 1. The van der Waals surface area contributed by atoms with Gasteiger partial charge in [-0.2, -0.15) is 5.26 Å². The maximum absolute atomic E-state index is 8.91. The molecule has 4 heteroatoms. The third kappa shape index (κ3) is 1.66. The first-order valence-corrected chi connectivity index (χ1v) is 5.62. The maximum Gasteiger partial charge on any atom is 0.125 e. The summed E-state index contributed by atoms with van der Waals surface area (Å²) < 4.78 is 5.53. The topological polar surface area (TPSA) is 45.9 Å². The van der Waals surface area contributed by atoms with Crippen molar-refractivity contribution in [3.63, 3.8) is 0 Å². The van der Waals surface area contributed by atoms with Crippen molar-refractivity contribution in [2.24, 2.45) is 5.92 Å². The van der Waals surface area contributed by atoms with Gasteiger partial charge in [0.05, 0.1) is 12.0 Å². The van der Waals surface area contributed by atoms with Crippen LogP contribution in [-0.2, 0) is 11.2 Å². The zero-order valence-corrected chi connectivity index (χ0v) is 8.88. The normalized spacial score (nSPS) is 26.3. The highest BCUT2D eigenvalue weighted by atomic mass is 32.1. The van der Waals surface area contributed by atoms with Crippen LogP contribution in [-0.4, -0.2) is 11.6 Å². The van der Waals surface area contributed by atoms with Gasteiger partial charge in [-0.05, 0) is 12.8 Å². The predicted octanol–water partition coefficient (Wildman–Crippen LogP) is 2.31. The van der Waals surface area contributed by atoms with Crippen LogP contribution in [0.4, 0.5) is 0 Å². The Morgan fingerprint density at radius 2 is 2.64 bits per heavy atom. The lowest BCUT2D eigenvalue weighted by Gasteiger charge is -2.08. The zero-order chi connectivity index (χ0) is 9.97. The van der Waals surface area contributed by atoms with Gasteiger partial charge in [-0.3, -0.25) is 0 Å². The molecule has 0 spiro atoms. The first-order valence-electron chi connectivity index (χ1n) is 4.81. The molecule has 14 heavy (non-hydrogen) atoms. The van der Waals surface area contributed by atoms with E-state index in [0.717, 1.165) is 17.8 Å². The van der Waals surface area contributed by atoms with Crippen LogP contribution in [0.25, 0.3) is 0 Å². The summed E-state index contributed by atoms with van der Waals surface area (Å²) >= 11 is 1.66. The highest BCUT2D eigenvalue weighted by Crippen LogP contribution is 2.35. The second kappa shape index (κ2) is 4.07. The van der Waals surface area contributed by atoms with E-state index in [0.29, 0.717) is 6.61 Å². The molecule has 0 N–H and O–H groups in total. The second-order valence-electron chi connectivity index (χ2n) is 3.33. The van der Waals surface area contributed by atoms with Crippen molar-refractivity contribution in [2.45, 2.75) is 25.9 Å². The van der Waals surface area contributed by atoms with Crippen LogP contribution < -0.4 is 0 Å². The first-order chi connectivity index (χ1) is 6.85. The zero-order valence-electron chi connectivity index (χ0n) is 8.06. The SMILES string of the molecule is CCc1cnc(C2OCCC2C#N)s1. The van der Waals surface area contributed by atoms with Crippen molar-refractivity contribution in [2.75, 3.05) is 6.61 Å². The van der Waals surface area contributed by atoms with Crippen LogP contribution in [0, 0.1) is 17.2 Å². The molecule has 2 heterocycles. The Balaban J connectivity index is 2.18. The molecular formula is C10H12N2OS. The summed E-state index contributed by atoms with van der Waals surface area (Å²) in [5, 5.41) is 9.87. The summed E-state index contributed by atoms with van der Waals surface area (Å²) in [6.07, 6.45) is 3.64. The molecule has 0 bridgehead atoms. The summed E-state index contributed by atoms with van der Waals surface area (Å²) in [6.45, 7) is 2.79. The second-order valence-corrected chi connectivity index (χ2v) is 4.48. The van der Waals surface area contributed by atoms with Crippen LogP contribution in [0.2, 0.25) is 0 Å². The minimum absolute atomic E-state index is 0.00847. The molecule has 0 aliphatic carbocycles. The third-order valence-corrected chi connectivity index (χ3v) is 3.62. The molecule has 2 atom stereocenters. The van der Waals surface area contributed by atoms with Crippen LogP contribution in [0.1, 0.15) is 29.3 Å². The van der Waals surface area contributed by atoms with Gasteiger partial charge in [-0.1, -0.05) is 6.92 Å². The van der Waals surface area contributed by atoms with Gasteiger partial charge in [0.2, 0.25) is 0 Å². The molecule has 1 aromatic rings. The standard InChI is InChI=1S/C10H12N2OS/c1-2-8-6-12-10(14-8)9-7(5-11)3-4-13-9/h6-7,9H,2-4H2,1H3. The van der Waals surface area contributed by atoms with Gasteiger partial charge < -0.3 is 4.74 Å². The molecule has 3 nitrogen and oxygen atoms in total. The van der Waals surface area contributed by atoms with Gasteiger partial charge in [-0.25, -0.2) is 4.98 Å². The summed E-state index contributed by atoms with van der Waals surface area (Å²) in [4.78, 5) is 5.57. The van der Waals surface area contributed by atoms with E-state index in [-0.39, 0.29) is 12.0 Å². The van der Waals surface area contributed by atoms with Gasteiger partial charge in [0.25, 0.3) is 0 Å². The van der Waals surface area contributed by atoms with Gasteiger partial charge in [0.15, 0.2) is 0 Å². The Morgan fingerprint density at radius 3 is 3.29 bits per heavy atom. The number of ether oxygens (including phenoxy) is 1. The summed E-state index contributed by atoms with van der Waals surface area (Å²) in [5.74, 6) is -0.00847. The Kier molecular flexibility index (Phi) is 2.80. The van der Waals surface area contributed by atoms with E-state index < -0.39 is 0 Å². The third-order valence-electron chi connectivity index (χ3n) is 2.42. The van der Waals surface area contributed by atoms with Crippen molar-refractivity contribution >= 4 is 11.3 Å². The lowest BCUT2D eigenvalue weighted by Crippen LogP contribution is -2.04. The van der Waals surface area contributed by atoms with Gasteiger partial charge in [0.1, 0.15) is 11.1 Å². The van der Waals surface area contributed by atoms with Crippen LogP contribution in [0.3, 0.4) is 0 Å². The molecule has 1 fully saturated rings. The van der Waals surface area contributed by atoms with E-state index in [1.807, 2.05) is 6.20 Å². The summed E-state index contributed by atoms with van der Waals surface area (Å²) in [7, 11) is 0. The van der Waals surface area contributed by atoms with Crippen molar-refractivity contribution in [3.05, 3.63) is 16.1 Å². The highest BCUT2D eigenvalue weighted by Gasteiger charge is 2.31. The van der Waals surface area contributed by atoms with Crippen molar-refractivity contribution < 1.29 is 4.74 Å². The number of nitrogens with zero attached hydrogens (tertiary/aromatic N) is 2. The monoisotopic (exact) mass is 208 g/mol. The number of aromatic nitrogens is 1. The molecule has 2 rings (SSSR count). The molecule has 1 saturated heterocycles. The largest absolute Gasteiger partial charge is 0.370 e. The lowest BCUT2D eigenvalue weighted by atomic mass is 10.0. The minimum Gasteiger partial charge on any atom is -0.370 e. The Morgan fingerprint density at radius 1 is 1.79 bits per heavy atom. The molecule has 74 valence electrons. The Labute approximate surface area is 87.3 Å². The Bertz CT molecular complexity index is 355. The lowest BCUT2D eigenvalue weighted by molar-refractivity contribution is 0.100. The summed E-state index contributed by atoms with van der Waals surface area (Å²) in [6, 6.07) is 2.28. The fourth-order valence-electron chi connectivity index (χ4n) is 1.58. The van der Waals surface area contributed by atoms with E-state index in [1.165, 1.54) is 4.88 Å². The van der Waals surface area contributed by atoms with Crippen molar-refractivity contribution in [1.29, 1.82) is 5.26 Å². The van der Waals surface area contributed by atoms with Crippen LogP contribution >= 0.6 is 11.3 Å². The number of hydrogen-bond donors (Lipinski definition) is 0. The van der Waals surface area contributed by atoms with E-state index in [4.69, 9.17) is 10.00 Å². The fraction of sp³-hybridized carbons (Fsp3) is 0.600. The average Bonchev–Trinajstić information content (AvgIpc) is 2.85. The molecular weight excluding hydrogens is 196 g/mol. The minimum atomic E-state index is -0.0784. The molecule has 0 amide bonds. The van der Waals surface area contributed by atoms with Crippen molar-refractivity contribution in [3.8, 4) is 6.07 Å². The van der Waals surface area contributed by atoms with Crippen LogP contribution in [0.15, 0.2) is 6.20 Å². The Hall–Kier alpha value is -0.920. The quantitative estimate of drug-likeness (QED) is 0.749.